The van der Waals surface area contributed by atoms with Crippen LogP contribution in [0, 0.1) is 11.3 Å². The summed E-state index contributed by atoms with van der Waals surface area (Å²) in [6.07, 6.45) is 0. The molecule has 0 saturated carbocycles. The summed E-state index contributed by atoms with van der Waals surface area (Å²) < 4.78 is 10.3. The first-order valence-corrected chi connectivity index (χ1v) is 3.86. The van der Waals surface area contributed by atoms with Gasteiger partial charge in [-0.25, -0.2) is 0 Å². The molecule has 1 atom stereocenters. The predicted molar refractivity (Wildman–Crippen MR) is 45.1 cm³/mol. The van der Waals surface area contributed by atoms with E-state index < -0.39 is 6.04 Å². The Morgan fingerprint density at radius 2 is 2.31 bits per heavy atom. The van der Waals surface area contributed by atoms with Gasteiger partial charge >= 0.3 is 0 Å². The number of rotatable bonds is 1. The molecule has 1 aliphatic rings. The Hall–Kier alpha value is -1.73. The molecule has 4 heteroatoms. The summed E-state index contributed by atoms with van der Waals surface area (Å²) >= 11 is 0. The SMILES string of the molecule is N#C[C@@H](N)c1cccc2c1OCO2. The Balaban J connectivity index is 2.48. The minimum Gasteiger partial charge on any atom is -0.454 e. The van der Waals surface area contributed by atoms with E-state index in [1.165, 1.54) is 0 Å². The predicted octanol–water partition coefficient (Wildman–Crippen LogP) is 0.939. The van der Waals surface area contributed by atoms with Gasteiger partial charge in [-0.3, -0.25) is 0 Å². The molecule has 13 heavy (non-hydrogen) atoms. The van der Waals surface area contributed by atoms with Crippen molar-refractivity contribution in [2.45, 2.75) is 6.04 Å². The molecule has 0 radical (unpaired) electrons. The maximum absolute atomic E-state index is 8.65. The molecule has 0 fully saturated rings. The second-order valence-electron chi connectivity index (χ2n) is 2.69. The van der Waals surface area contributed by atoms with E-state index in [0.717, 1.165) is 0 Å². The monoisotopic (exact) mass is 176 g/mol. The minimum atomic E-state index is -0.656. The first-order valence-electron chi connectivity index (χ1n) is 3.86. The zero-order chi connectivity index (χ0) is 9.26. The van der Waals surface area contributed by atoms with Crippen molar-refractivity contribution >= 4 is 0 Å². The first-order chi connectivity index (χ1) is 6.33. The number of hydrogen-bond acceptors (Lipinski definition) is 4. The van der Waals surface area contributed by atoms with E-state index in [9.17, 15) is 0 Å². The summed E-state index contributed by atoms with van der Waals surface area (Å²) in [5.41, 5.74) is 6.25. The highest BCUT2D eigenvalue weighted by Crippen LogP contribution is 2.37. The van der Waals surface area contributed by atoms with Crippen molar-refractivity contribution < 1.29 is 9.47 Å². The van der Waals surface area contributed by atoms with Crippen LogP contribution in [-0.2, 0) is 0 Å². The molecule has 66 valence electrons. The smallest absolute Gasteiger partial charge is 0.231 e. The van der Waals surface area contributed by atoms with E-state index in [-0.39, 0.29) is 6.79 Å². The van der Waals surface area contributed by atoms with Crippen LogP contribution in [0.1, 0.15) is 11.6 Å². The number of nitrogens with two attached hydrogens (primary N) is 1. The molecule has 1 aliphatic heterocycles. The molecule has 0 bridgehead atoms. The molecule has 1 aromatic rings. The Morgan fingerprint density at radius 1 is 1.46 bits per heavy atom. The second-order valence-corrected chi connectivity index (χ2v) is 2.69. The average molecular weight is 176 g/mol. The first kappa shape index (κ1) is 7.90. The fourth-order valence-corrected chi connectivity index (χ4v) is 1.27. The zero-order valence-corrected chi connectivity index (χ0v) is 6.86. The van der Waals surface area contributed by atoms with E-state index in [4.69, 9.17) is 20.5 Å². The van der Waals surface area contributed by atoms with Crippen LogP contribution >= 0.6 is 0 Å². The van der Waals surface area contributed by atoms with Gasteiger partial charge in [-0.1, -0.05) is 12.1 Å². The van der Waals surface area contributed by atoms with Crippen LogP contribution in [0.4, 0.5) is 0 Å². The van der Waals surface area contributed by atoms with Gasteiger partial charge in [0.1, 0.15) is 6.04 Å². The third-order valence-electron chi connectivity index (χ3n) is 1.90. The van der Waals surface area contributed by atoms with Crippen molar-refractivity contribution in [3.05, 3.63) is 23.8 Å². The largest absolute Gasteiger partial charge is 0.454 e. The second kappa shape index (κ2) is 2.96. The third kappa shape index (κ3) is 1.19. The number of nitriles is 1. The summed E-state index contributed by atoms with van der Waals surface area (Å²) in [6, 6.07) is 6.64. The van der Waals surface area contributed by atoms with Crippen molar-refractivity contribution in [3.63, 3.8) is 0 Å². The fraction of sp³-hybridized carbons (Fsp3) is 0.222. The molecule has 0 amide bonds. The number of benzene rings is 1. The molecular weight excluding hydrogens is 168 g/mol. The normalized spacial score (nSPS) is 15.1. The lowest BCUT2D eigenvalue weighted by atomic mass is 10.1. The van der Waals surface area contributed by atoms with Gasteiger partial charge in [-0.05, 0) is 6.07 Å². The van der Waals surface area contributed by atoms with E-state index in [1.54, 1.807) is 18.2 Å². The topological polar surface area (TPSA) is 68.3 Å². The molecule has 1 heterocycles. The fourth-order valence-electron chi connectivity index (χ4n) is 1.27. The van der Waals surface area contributed by atoms with Crippen molar-refractivity contribution in [1.82, 2.24) is 0 Å². The Morgan fingerprint density at radius 3 is 3.08 bits per heavy atom. The van der Waals surface area contributed by atoms with Gasteiger partial charge in [0.05, 0.1) is 6.07 Å². The summed E-state index contributed by atoms with van der Waals surface area (Å²) in [5.74, 6) is 1.25. The van der Waals surface area contributed by atoms with Crippen molar-refractivity contribution in [2.24, 2.45) is 5.73 Å². The molecule has 1 aromatic carbocycles. The van der Waals surface area contributed by atoms with Crippen LogP contribution in [0.5, 0.6) is 11.5 Å². The summed E-state index contributed by atoms with van der Waals surface area (Å²) in [6.45, 7) is 0.199. The minimum absolute atomic E-state index is 0.199. The van der Waals surface area contributed by atoms with Gasteiger partial charge in [0.15, 0.2) is 11.5 Å². The number of fused-ring (bicyclic) bond motifs is 1. The van der Waals surface area contributed by atoms with Crippen molar-refractivity contribution in [3.8, 4) is 17.6 Å². The maximum atomic E-state index is 8.65. The zero-order valence-electron chi connectivity index (χ0n) is 6.86. The number of hydrogen-bond donors (Lipinski definition) is 1. The van der Waals surface area contributed by atoms with Crippen LogP contribution in [0.3, 0.4) is 0 Å². The van der Waals surface area contributed by atoms with Crippen LogP contribution in [0.2, 0.25) is 0 Å². The quantitative estimate of drug-likeness (QED) is 0.691. The molecule has 0 spiro atoms. The number of para-hydroxylation sites is 1. The molecule has 0 unspecified atom stereocenters. The van der Waals surface area contributed by atoms with E-state index in [1.807, 2.05) is 6.07 Å². The van der Waals surface area contributed by atoms with Crippen LogP contribution < -0.4 is 15.2 Å². The van der Waals surface area contributed by atoms with Crippen LogP contribution in [0.15, 0.2) is 18.2 Å². The Bertz CT molecular complexity index is 370. The standard InChI is InChI=1S/C9H8N2O2/c10-4-7(11)6-2-1-3-8-9(6)13-5-12-8/h1-3,7H,5,11H2/t7-/m1/s1. The highest BCUT2D eigenvalue weighted by molar-refractivity contribution is 5.50. The molecule has 0 aliphatic carbocycles. The number of ether oxygens (including phenoxy) is 2. The van der Waals surface area contributed by atoms with E-state index >= 15 is 0 Å². The summed E-state index contributed by atoms with van der Waals surface area (Å²) in [5, 5.41) is 8.65. The Labute approximate surface area is 75.5 Å². The van der Waals surface area contributed by atoms with Crippen molar-refractivity contribution in [2.75, 3.05) is 6.79 Å². The van der Waals surface area contributed by atoms with Gasteiger partial charge < -0.3 is 15.2 Å². The highest BCUT2D eigenvalue weighted by Gasteiger charge is 2.20. The molecule has 4 nitrogen and oxygen atoms in total. The van der Waals surface area contributed by atoms with E-state index in [2.05, 4.69) is 0 Å². The van der Waals surface area contributed by atoms with Gasteiger partial charge in [-0.2, -0.15) is 5.26 Å². The van der Waals surface area contributed by atoms with Gasteiger partial charge in [-0.15, -0.1) is 0 Å². The molecule has 2 N–H and O–H groups in total. The Kier molecular flexibility index (Phi) is 1.80. The molecule has 2 rings (SSSR count). The van der Waals surface area contributed by atoms with Gasteiger partial charge in [0, 0.05) is 5.56 Å². The maximum Gasteiger partial charge on any atom is 0.231 e. The highest BCUT2D eigenvalue weighted by atomic mass is 16.7. The van der Waals surface area contributed by atoms with Gasteiger partial charge in [0.25, 0.3) is 0 Å². The third-order valence-corrected chi connectivity index (χ3v) is 1.90. The molecular formula is C9H8N2O2. The lowest BCUT2D eigenvalue weighted by Gasteiger charge is -2.05. The molecule has 0 saturated heterocycles. The average Bonchev–Trinajstić information content (AvgIpc) is 2.63. The van der Waals surface area contributed by atoms with Crippen LogP contribution in [0.25, 0.3) is 0 Å². The van der Waals surface area contributed by atoms with E-state index in [0.29, 0.717) is 17.1 Å². The van der Waals surface area contributed by atoms with Crippen molar-refractivity contribution in [1.29, 1.82) is 5.26 Å². The summed E-state index contributed by atoms with van der Waals surface area (Å²) in [4.78, 5) is 0. The summed E-state index contributed by atoms with van der Waals surface area (Å²) in [7, 11) is 0. The number of nitrogens with zero attached hydrogens (tertiary/aromatic N) is 1. The lowest BCUT2D eigenvalue weighted by molar-refractivity contribution is 0.173. The van der Waals surface area contributed by atoms with Crippen LogP contribution in [-0.4, -0.2) is 6.79 Å². The lowest BCUT2D eigenvalue weighted by Crippen LogP contribution is -2.08. The van der Waals surface area contributed by atoms with Gasteiger partial charge in [0.2, 0.25) is 6.79 Å². The molecule has 0 aromatic heterocycles.